The van der Waals surface area contributed by atoms with Crippen molar-refractivity contribution < 1.29 is 9.90 Å². The van der Waals surface area contributed by atoms with Crippen LogP contribution in [0.3, 0.4) is 0 Å². The number of hydrogen-bond donors (Lipinski definition) is 1. The Balaban J connectivity index is 2.15. The minimum Gasteiger partial charge on any atom is -0.511 e. The van der Waals surface area contributed by atoms with Crippen LogP contribution in [0.4, 0.5) is 0 Å². The van der Waals surface area contributed by atoms with Crippen molar-refractivity contribution in [2.24, 2.45) is 22.7 Å². The molecule has 2 aliphatic carbocycles. The van der Waals surface area contributed by atoms with E-state index in [0.717, 1.165) is 24.3 Å². The lowest BCUT2D eigenvalue weighted by atomic mass is 9.63. The van der Waals surface area contributed by atoms with Crippen molar-refractivity contribution >= 4 is 5.78 Å². The molecule has 2 atom stereocenters. The Morgan fingerprint density at radius 2 is 1.81 bits per heavy atom. The molecule has 1 N–H and O–H groups in total. The third-order valence-electron chi connectivity index (χ3n) is 6.98. The van der Waals surface area contributed by atoms with Gasteiger partial charge in [-0.2, -0.15) is 0 Å². The van der Waals surface area contributed by atoms with E-state index in [9.17, 15) is 9.90 Å². The molecule has 1 saturated carbocycles. The highest BCUT2D eigenvalue weighted by molar-refractivity contribution is 5.97. The van der Waals surface area contributed by atoms with Crippen LogP contribution >= 0.6 is 0 Å². The number of allylic oxidation sites excluding steroid dienone is 2. The van der Waals surface area contributed by atoms with Gasteiger partial charge in [-0.1, -0.05) is 60.3 Å². The molecule has 0 aromatic rings. The SMILES string of the molecule is CCC1(C)C(O)=C(C(=O)CCC2CCCC2)C(C)C1(C)C. The molecule has 2 unspecified atom stereocenters. The van der Waals surface area contributed by atoms with Crippen LogP contribution in [-0.4, -0.2) is 10.9 Å². The Hall–Kier alpha value is -0.790. The van der Waals surface area contributed by atoms with E-state index in [0.29, 0.717) is 12.2 Å². The molecule has 2 rings (SSSR count). The van der Waals surface area contributed by atoms with Crippen LogP contribution in [0.2, 0.25) is 0 Å². The maximum absolute atomic E-state index is 12.7. The first-order valence-corrected chi connectivity index (χ1v) is 8.72. The summed E-state index contributed by atoms with van der Waals surface area (Å²) in [5.74, 6) is 1.44. The first kappa shape index (κ1) is 16.6. The largest absolute Gasteiger partial charge is 0.511 e. The van der Waals surface area contributed by atoms with Crippen LogP contribution in [0.5, 0.6) is 0 Å². The quantitative estimate of drug-likeness (QED) is 0.733. The van der Waals surface area contributed by atoms with Crippen LogP contribution in [0.1, 0.15) is 79.6 Å². The summed E-state index contributed by atoms with van der Waals surface area (Å²) in [5, 5.41) is 10.7. The minimum absolute atomic E-state index is 0.0653. The molecule has 21 heavy (non-hydrogen) atoms. The first-order valence-electron chi connectivity index (χ1n) is 8.72. The Bertz CT molecular complexity index is 440. The van der Waals surface area contributed by atoms with Crippen LogP contribution in [0, 0.1) is 22.7 Å². The second-order valence-electron chi connectivity index (χ2n) is 8.00. The summed E-state index contributed by atoms with van der Waals surface area (Å²) >= 11 is 0. The van der Waals surface area contributed by atoms with Gasteiger partial charge in [0.25, 0.3) is 0 Å². The zero-order valence-corrected chi connectivity index (χ0v) is 14.5. The second kappa shape index (κ2) is 5.78. The number of carbonyl (C=O) groups excluding carboxylic acids is 1. The van der Waals surface area contributed by atoms with Crippen molar-refractivity contribution in [2.45, 2.75) is 79.6 Å². The average molecular weight is 292 g/mol. The molecular formula is C19H32O2. The van der Waals surface area contributed by atoms with Crippen molar-refractivity contribution in [3.05, 3.63) is 11.3 Å². The van der Waals surface area contributed by atoms with E-state index in [1.54, 1.807) is 0 Å². The van der Waals surface area contributed by atoms with Gasteiger partial charge in [-0.3, -0.25) is 4.79 Å². The van der Waals surface area contributed by atoms with E-state index >= 15 is 0 Å². The summed E-state index contributed by atoms with van der Waals surface area (Å²) in [4.78, 5) is 12.7. The lowest BCUT2D eigenvalue weighted by molar-refractivity contribution is -0.116. The van der Waals surface area contributed by atoms with Crippen LogP contribution < -0.4 is 0 Å². The number of aliphatic hydroxyl groups is 1. The number of rotatable bonds is 5. The maximum atomic E-state index is 12.7. The molecule has 0 heterocycles. The fourth-order valence-corrected chi connectivity index (χ4v) is 4.41. The van der Waals surface area contributed by atoms with Gasteiger partial charge in [0.1, 0.15) is 5.76 Å². The van der Waals surface area contributed by atoms with Gasteiger partial charge < -0.3 is 5.11 Å². The van der Waals surface area contributed by atoms with Crippen molar-refractivity contribution in [1.82, 2.24) is 0 Å². The topological polar surface area (TPSA) is 37.3 Å². The Morgan fingerprint density at radius 3 is 2.29 bits per heavy atom. The Kier molecular flexibility index (Phi) is 4.56. The lowest BCUT2D eigenvalue weighted by Gasteiger charge is -2.40. The standard InChI is InChI=1S/C19H32O2/c1-6-19(5)17(21)16(13(2)18(19,3)4)15(20)12-11-14-9-7-8-10-14/h13-14,21H,6-12H2,1-5H3. The van der Waals surface area contributed by atoms with Gasteiger partial charge in [0.2, 0.25) is 0 Å². The predicted molar refractivity (Wildman–Crippen MR) is 87.2 cm³/mol. The van der Waals surface area contributed by atoms with E-state index in [1.807, 2.05) is 0 Å². The molecule has 0 amide bonds. The highest BCUT2D eigenvalue weighted by Gasteiger charge is 2.55. The lowest BCUT2D eigenvalue weighted by Crippen LogP contribution is -2.35. The summed E-state index contributed by atoms with van der Waals surface area (Å²) in [7, 11) is 0. The molecule has 1 fully saturated rings. The molecule has 120 valence electrons. The molecule has 0 saturated heterocycles. The summed E-state index contributed by atoms with van der Waals surface area (Å²) in [6.07, 6.45) is 7.71. The normalized spacial score (nSPS) is 32.9. The molecule has 0 aliphatic heterocycles. The number of Topliss-reactive ketones (excluding diaryl/α,β-unsaturated/α-hetero) is 1. The smallest absolute Gasteiger partial charge is 0.162 e. The zero-order chi connectivity index (χ0) is 15.8. The Labute approximate surface area is 130 Å². The van der Waals surface area contributed by atoms with Gasteiger partial charge in [0.05, 0.1) is 0 Å². The molecule has 2 aliphatic rings. The molecule has 0 aromatic carbocycles. The van der Waals surface area contributed by atoms with Gasteiger partial charge in [0.15, 0.2) is 5.78 Å². The maximum Gasteiger partial charge on any atom is 0.162 e. The highest BCUT2D eigenvalue weighted by atomic mass is 16.3. The zero-order valence-electron chi connectivity index (χ0n) is 14.5. The van der Waals surface area contributed by atoms with Crippen molar-refractivity contribution in [3.8, 4) is 0 Å². The Morgan fingerprint density at radius 1 is 1.24 bits per heavy atom. The van der Waals surface area contributed by atoms with E-state index < -0.39 is 0 Å². The fraction of sp³-hybridized carbons (Fsp3) is 0.842. The third-order valence-corrected chi connectivity index (χ3v) is 6.98. The molecule has 2 nitrogen and oxygen atoms in total. The summed E-state index contributed by atoms with van der Waals surface area (Å²) in [6, 6.07) is 0. The van der Waals surface area contributed by atoms with Gasteiger partial charge in [-0.15, -0.1) is 0 Å². The van der Waals surface area contributed by atoms with E-state index in [4.69, 9.17) is 0 Å². The van der Waals surface area contributed by atoms with Crippen molar-refractivity contribution in [3.63, 3.8) is 0 Å². The van der Waals surface area contributed by atoms with Gasteiger partial charge >= 0.3 is 0 Å². The van der Waals surface area contributed by atoms with Crippen LogP contribution in [0.25, 0.3) is 0 Å². The van der Waals surface area contributed by atoms with Crippen molar-refractivity contribution in [1.29, 1.82) is 0 Å². The molecule has 0 bridgehead atoms. The third kappa shape index (κ3) is 2.55. The monoisotopic (exact) mass is 292 g/mol. The number of aliphatic hydroxyl groups excluding tert-OH is 1. The van der Waals surface area contributed by atoms with Gasteiger partial charge in [-0.25, -0.2) is 0 Å². The second-order valence-corrected chi connectivity index (χ2v) is 8.00. The minimum atomic E-state index is -0.273. The summed E-state index contributed by atoms with van der Waals surface area (Å²) < 4.78 is 0. The van der Waals surface area contributed by atoms with Crippen LogP contribution in [-0.2, 0) is 4.79 Å². The van der Waals surface area contributed by atoms with E-state index in [-0.39, 0.29) is 22.5 Å². The van der Waals surface area contributed by atoms with Gasteiger partial charge in [-0.05, 0) is 30.1 Å². The summed E-state index contributed by atoms with van der Waals surface area (Å²) in [6.45, 7) is 10.7. The summed E-state index contributed by atoms with van der Waals surface area (Å²) in [5.41, 5.74) is 0.386. The number of ketones is 1. The number of hydrogen-bond acceptors (Lipinski definition) is 2. The molecule has 0 aromatic heterocycles. The number of carbonyl (C=O) groups is 1. The van der Waals surface area contributed by atoms with Crippen molar-refractivity contribution in [2.75, 3.05) is 0 Å². The van der Waals surface area contributed by atoms with Crippen LogP contribution in [0.15, 0.2) is 11.3 Å². The molecule has 0 radical (unpaired) electrons. The predicted octanol–water partition coefficient (Wildman–Crippen LogP) is 5.43. The first-order chi connectivity index (χ1) is 9.75. The van der Waals surface area contributed by atoms with Gasteiger partial charge in [0, 0.05) is 17.4 Å². The van der Waals surface area contributed by atoms with E-state index in [2.05, 4.69) is 34.6 Å². The molecular weight excluding hydrogens is 260 g/mol. The fourth-order valence-electron chi connectivity index (χ4n) is 4.41. The van der Waals surface area contributed by atoms with E-state index in [1.165, 1.54) is 25.7 Å². The highest BCUT2D eigenvalue weighted by Crippen LogP contribution is 2.59. The average Bonchev–Trinajstić information content (AvgIpc) is 3.00. The molecule has 2 heteroatoms. The molecule has 0 spiro atoms.